The lowest BCUT2D eigenvalue weighted by molar-refractivity contribution is 0.538. The molecule has 2 aromatic rings. The highest BCUT2D eigenvalue weighted by atomic mass is 127. The quantitative estimate of drug-likeness (QED) is 0.867. The van der Waals surface area contributed by atoms with Gasteiger partial charge in [0.05, 0.1) is 6.04 Å². The van der Waals surface area contributed by atoms with E-state index in [2.05, 4.69) is 61.7 Å². The highest BCUT2D eigenvalue weighted by Gasteiger charge is 2.14. The van der Waals surface area contributed by atoms with Gasteiger partial charge in [-0.05, 0) is 53.8 Å². The Morgan fingerprint density at radius 2 is 2.06 bits per heavy atom. The summed E-state index contributed by atoms with van der Waals surface area (Å²) in [5.41, 5.74) is 1.33. The maximum absolute atomic E-state index is 4.40. The number of halogens is 1. The summed E-state index contributed by atoms with van der Waals surface area (Å²) in [6, 6.07) is 8.89. The molecular formula is C13H16IN3. The fourth-order valence-corrected chi connectivity index (χ4v) is 2.25. The number of aryl methyl sites for hydroxylation is 1. The van der Waals surface area contributed by atoms with Crippen LogP contribution in [0.1, 0.15) is 17.4 Å². The minimum atomic E-state index is 0.259. The van der Waals surface area contributed by atoms with Crippen LogP contribution in [0.2, 0.25) is 0 Å². The second kappa shape index (κ2) is 5.64. The molecule has 3 nitrogen and oxygen atoms in total. The zero-order valence-corrected chi connectivity index (χ0v) is 12.2. The number of rotatable bonds is 4. The highest BCUT2D eigenvalue weighted by Crippen LogP contribution is 2.17. The van der Waals surface area contributed by atoms with Crippen LogP contribution >= 0.6 is 22.6 Å². The molecule has 1 N–H and O–H groups in total. The lowest BCUT2D eigenvalue weighted by atomic mass is 10.1. The molecule has 1 aromatic carbocycles. The van der Waals surface area contributed by atoms with Crippen molar-refractivity contribution in [3.63, 3.8) is 0 Å². The Morgan fingerprint density at radius 3 is 2.59 bits per heavy atom. The largest absolute Gasteiger partial charge is 0.337 e. The molecule has 17 heavy (non-hydrogen) atoms. The minimum absolute atomic E-state index is 0.259. The molecule has 0 aliphatic heterocycles. The number of nitrogens with zero attached hydrogens (tertiary/aromatic N) is 2. The van der Waals surface area contributed by atoms with E-state index in [9.17, 15) is 0 Å². The predicted octanol–water partition coefficient (Wildman–Crippen LogP) is 2.53. The van der Waals surface area contributed by atoms with Crippen molar-refractivity contribution in [1.82, 2.24) is 14.9 Å². The molecule has 2 rings (SSSR count). The number of benzene rings is 1. The van der Waals surface area contributed by atoms with E-state index in [1.165, 1.54) is 9.13 Å². The van der Waals surface area contributed by atoms with Crippen molar-refractivity contribution < 1.29 is 0 Å². The van der Waals surface area contributed by atoms with Gasteiger partial charge < -0.3 is 9.88 Å². The fraction of sp³-hybridized carbons (Fsp3) is 0.308. The number of likely N-dealkylation sites (N-methyl/N-ethyl adjacent to an activating group) is 1. The van der Waals surface area contributed by atoms with E-state index in [0.29, 0.717) is 0 Å². The molecule has 0 spiro atoms. The topological polar surface area (TPSA) is 29.9 Å². The first kappa shape index (κ1) is 12.6. The summed E-state index contributed by atoms with van der Waals surface area (Å²) in [5, 5.41) is 3.32. The summed E-state index contributed by atoms with van der Waals surface area (Å²) in [6.45, 7) is 0. The van der Waals surface area contributed by atoms with Crippen molar-refractivity contribution in [1.29, 1.82) is 0 Å². The van der Waals surface area contributed by atoms with Gasteiger partial charge in [0, 0.05) is 23.0 Å². The second-order valence-corrected chi connectivity index (χ2v) is 5.31. The molecule has 0 aliphatic carbocycles. The molecule has 4 heteroatoms. The Kier molecular flexibility index (Phi) is 4.17. The SMILES string of the molecule is CNC(Cc1ccc(I)cc1)c1nccn1C. The Balaban J connectivity index is 2.16. The van der Waals surface area contributed by atoms with Crippen molar-refractivity contribution in [2.24, 2.45) is 7.05 Å². The van der Waals surface area contributed by atoms with Crippen LogP contribution in [0.3, 0.4) is 0 Å². The summed E-state index contributed by atoms with van der Waals surface area (Å²) in [5.74, 6) is 1.08. The first-order valence-corrected chi connectivity index (χ1v) is 6.67. The molecule has 0 fully saturated rings. The molecule has 1 atom stereocenters. The van der Waals surface area contributed by atoms with Gasteiger partial charge in [0.15, 0.2) is 0 Å². The third kappa shape index (κ3) is 3.07. The maximum Gasteiger partial charge on any atom is 0.125 e. The van der Waals surface area contributed by atoms with Gasteiger partial charge in [-0.1, -0.05) is 12.1 Å². The second-order valence-electron chi connectivity index (χ2n) is 4.07. The standard InChI is InChI=1S/C13H16IN3/c1-15-12(13-16-7-8-17(13)2)9-10-3-5-11(14)6-4-10/h3-8,12,15H,9H2,1-2H3. The molecule has 0 amide bonds. The smallest absolute Gasteiger partial charge is 0.125 e. The van der Waals surface area contributed by atoms with E-state index >= 15 is 0 Å². The monoisotopic (exact) mass is 341 g/mol. The lowest BCUT2D eigenvalue weighted by Crippen LogP contribution is -2.22. The molecule has 90 valence electrons. The molecule has 0 bridgehead atoms. The van der Waals surface area contributed by atoms with Crippen LogP contribution in [0.4, 0.5) is 0 Å². The molecule has 0 saturated heterocycles. The minimum Gasteiger partial charge on any atom is -0.337 e. The van der Waals surface area contributed by atoms with E-state index in [1.54, 1.807) is 0 Å². The van der Waals surface area contributed by atoms with Gasteiger partial charge >= 0.3 is 0 Å². The van der Waals surface area contributed by atoms with Crippen LogP contribution in [0.5, 0.6) is 0 Å². The Morgan fingerprint density at radius 1 is 1.35 bits per heavy atom. The van der Waals surface area contributed by atoms with E-state index in [4.69, 9.17) is 0 Å². The van der Waals surface area contributed by atoms with Gasteiger partial charge in [0.25, 0.3) is 0 Å². The summed E-state index contributed by atoms with van der Waals surface area (Å²) < 4.78 is 3.33. The summed E-state index contributed by atoms with van der Waals surface area (Å²) >= 11 is 2.32. The normalized spacial score (nSPS) is 12.6. The zero-order chi connectivity index (χ0) is 12.3. The summed E-state index contributed by atoms with van der Waals surface area (Å²) in [4.78, 5) is 4.40. The number of nitrogens with one attached hydrogen (secondary N) is 1. The zero-order valence-electron chi connectivity index (χ0n) is 10.0. The molecular weight excluding hydrogens is 325 g/mol. The van der Waals surface area contributed by atoms with Crippen molar-refractivity contribution in [2.45, 2.75) is 12.5 Å². The van der Waals surface area contributed by atoms with E-state index in [-0.39, 0.29) is 6.04 Å². The van der Waals surface area contributed by atoms with Crippen LogP contribution in [0, 0.1) is 3.57 Å². The summed E-state index contributed by atoms with van der Waals surface area (Å²) in [6.07, 6.45) is 4.78. The number of hydrogen-bond donors (Lipinski definition) is 1. The average Bonchev–Trinajstić information content (AvgIpc) is 2.75. The van der Waals surface area contributed by atoms with Gasteiger partial charge in [-0.15, -0.1) is 0 Å². The molecule has 1 heterocycles. The lowest BCUT2D eigenvalue weighted by Gasteiger charge is -2.16. The first-order valence-electron chi connectivity index (χ1n) is 5.59. The molecule has 1 unspecified atom stereocenters. The van der Waals surface area contributed by atoms with Crippen LogP contribution < -0.4 is 5.32 Å². The Labute approximate surface area is 115 Å². The van der Waals surface area contributed by atoms with E-state index in [0.717, 1.165) is 12.2 Å². The van der Waals surface area contributed by atoms with Gasteiger partial charge in [-0.3, -0.25) is 0 Å². The fourth-order valence-electron chi connectivity index (χ4n) is 1.89. The van der Waals surface area contributed by atoms with Crippen LogP contribution in [-0.2, 0) is 13.5 Å². The van der Waals surface area contributed by atoms with Crippen molar-refractivity contribution in [3.05, 3.63) is 51.6 Å². The first-order chi connectivity index (χ1) is 8.20. The van der Waals surface area contributed by atoms with Crippen LogP contribution in [0.15, 0.2) is 36.7 Å². The summed E-state index contributed by atoms with van der Waals surface area (Å²) in [7, 11) is 4.01. The van der Waals surface area contributed by atoms with Crippen molar-refractivity contribution in [2.75, 3.05) is 7.05 Å². The van der Waals surface area contributed by atoms with Gasteiger partial charge in [-0.25, -0.2) is 4.98 Å². The molecule has 0 saturated carbocycles. The van der Waals surface area contributed by atoms with E-state index < -0.39 is 0 Å². The Hall–Kier alpha value is -0.880. The third-order valence-electron chi connectivity index (χ3n) is 2.87. The van der Waals surface area contributed by atoms with Gasteiger partial charge in [0.2, 0.25) is 0 Å². The van der Waals surface area contributed by atoms with Crippen molar-refractivity contribution >= 4 is 22.6 Å². The predicted molar refractivity (Wildman–Crippen MR) is 77.9 cm³/mol. The van der Waals surface area contributed by atoms with Crippen LogP contribution in [-0.4, -0.2) is 16.6 Å². The van der Waals surface area contributed by atoms with Crippen molar-refractivity contribution in [3.8, 4) is 0 Å². The molecule has 0 aliphatic rings. The van der Waals surface area contributed by atoms with Gasteiger partial charge in [-0.2, -0.15) is 0 Å². The average molecular weight is 341 g/mol. The highest BCUT2D eigenvalue weighted by molar-refractivity contribution is 14.1. The third-order valence-corrected chi connectivity index (χ3v) is 3.59. The maximum atomic E-state index is 4.40. The van der Waals surface area contributed by atoms with Gasteiger partial charge in [0.1, 0.15) is 5.82 Å². The number of imidazole rings is 1. The van der Waals surface area contributed by atoms with Crippen LogP contribution in [0.25, 0.3) is 0 Å². The molecule has 0 radical (unpaired) electrons. The number of aromatic nitrogens is 2. The Bertz CT molecular complexity index is 476. The molecule has 1 aromatic heterocycles. The van der Waals surface area contributed by atoms with E-state index in [1.807, 2.05) is 26.5 Å². The number of hydrogen-bond acceptors (Lipinski definition) is 2.